The van der Waals surface area contributed by atoms with E-state index in [4.69, 9.17) is 15.9 Å². The number of carbonyl (C=O) groups excluding carboxylic acids is 2. The molecule has 5 heteroatoms. The molecule has 0 heterocycles. The molecule has 1 atom stereocenters. The third kappa shape index (κ3) is 5.53. The third-order valence-corrected chi connectivity index (χ3v) is 3.88. The maximum atomic E-state index is 12.0. The lowest BCUT2D eigenvalue weighted by molar-refractivity contribution is -0.152. The minimum Gasteiger partial charge on any atom is -0.452 e. The Bertz CT molecular complexity index is 569. The number of rotatable bonds is 6. The molecule has 0 bridgehead atoms. The molecule has 1 unspecified atom stereocenters. The van der Waals surface area contributed by atoms with Crippen molar-refractivity contribution in [2.24, 2.45) is 5.41 Å². The van der Waals surface area contributed by atoms with E-state index in [-0.39, 0.29) is 23.4 Å². The quantitative estimate of drug-likeness (QED) is 0.333. The second-order valence-corrected chi connectivity index (χ2v) is 6.60. The van der Waals surface area contributed by atoms with Gasteiger partial charge >= 0.3 is 11.9 Å². The smallest absolute Gasteiger partial charge is 0.312 e. The third-order valence-electron chi connectivity index (χ3n) is 3.03. The zero-order chi connectivity index (χ0) is 16.8. The Kier molecular flexibility index (Phi) is 6.63. The number of ether oxygens (including phenoxy) is 2. The molecular formula is C17H19BrO4. The van der Waals surface area contributed by atoms with Gasteiger partial charge in [0.1, 0.15) is 5.75 Å². The number of halogens is 1. The van der Waals surface area contributed by atoms with Crippen LogP contribution in [0.2, 0.25) is 0 Å². The molecule has 0 radical (unpaired) electrons. The molecule has 118 valence electrons. The maximum Gasteiger partial charge on any atom is 0.312 e. The first-order chi connectivity index (χ1) is 10.3. The van der Waals surface area contributed by atoms with Crippen LogP contribution in [0.1, 0.15) is 37.6 Å². The summed E-state index contributed by atoms with van der Waals surface area (Å²) in [6.07, 6.45) is 5.63. The Morgan fingerprint density at radius 2 is 1.91 bits per heavy atom. The molecular weight excluding hydrogens is 348 g/mol. The summed E-state index contributed by atoms with van der Waals surface area (Å²) in [6, 6.07) is 7.13. The van der Waals surface area contributed by atoms with E-state index in [0.29, 0.717) is 12.2 Å². The minimum atomic E-state index is -0.667. The largest absolute Gasteiger partial charge is 0.452 e. The van der Waals surface area contributed by atoms with Gasteiger partial charge < -0.3 is 9.47 Å². The van der Waals surface area contributed by atoms with Crippen LogP contribution in [0.15, 0.2) is 24.3 Å². The second kappa shape index (κ2) is 8.00. The molecule has 0 aliphatic heterocycles. The summed E-state index contributed by atoms with van der Waals surface area (Å²) < 4.78 is 9.99. The molecule has 0 saturated heterocycles. The van der Waals surface area contributed by atoms with E-state index in [1.54, 1.807) is 12.1 Å². The van der Waals surface area contributed by atoms with Crippen LogP contribution in [0.25, 0.3) is 0 Å². The molecule has 0 spiro atoms. The highest BCUT2D eigenvalue weighted by atomic mass is 79.9. The first-order valence-electron chi connectivity index (χ1n) is 6.79. The summed E-state index contributed by atoms with van der Waals surface area (Å²) >= 11 is 3.58. The van der Waals surface area contributed by atoms with Gasteiger partial charge in [0, 0.05) is 11.8 Å². The van der Waals surface area contributed by atoms with Gasteiger partial charge in [-0.1, -0.05) is 34.0 Å². The lowest BCUT2D eigenvalue weighted by Gasteiger charge is -2.25. The fraction of sp³-hybridized carbons (Fsp3) is 0.412. The van der Waals surface area contributed by atoms with Crippen LogP contribution < -0.4 is 4.74 Å². The van der Waals surface area contributed by atoms with Gasteiger partial charge in [-0.3, -0.25) is 9.59 Å². The summed E-state index contributed by atoms with van der Waals surface area (Å²) in [4.78, 5) is 22.8. The van der Waals surface area contributed by atoms with Gasteiger partial charge in [0.05, 0.1) is 5.41 Å². The number of benzene rings is 1. The Morgan fingerprint density at radius 1 is 1.32 bits per heavy atom. The Morgan fingerprint density at radius 3 is 2.41 bits per heavy atom. The number of hydrogen-bond donors (Lipinski definition) is 0. The van der Waals surface area contributed by atoms with E-state index in [1.165, 1.54) is 6.92 Å². The van der Waals surface area contributed by atoms with Gasteiger partial charge in [0.2, 0.25) is 0 Å². The van der Waals surface area contributed by atoms with Crippen molar-refractivity contribution in [3.8, 4) is 18.1 Å². The van der Waals surface area contributed by atoms with Crippen molar-refractivity contribution in [2.45, 2.75) is 32.0 Å². The van der Waals surface area contributed by atoms with Gasteiger partial charge in [-0.15, -0.1) is 6.42 Å². The van der Waals surface area contributed by atoms with Crippen LogP contribution in [-0.2, 0) is 14.3 Å². The molecule has 0 aromatic heterocycles. The highest BCUT2D eigenvalue weighted by molar-refractivity contribution is 9.09. The first kappa shape index (κ1) is 18.2. The monoisotopic (exact) mass is 366 g/mol. The predicted molar refractivity (Wildman–Crippen MR) is 87.6 cm³/mol. The van der Waals surface area contributed by atoms with Crippen LogP contribution in [0.4, 0.5) is 0 Å². The zero-order valence-electron chi connectivity index (χ0n) is 12.9. The second-order valence-electron chi connectivity index (χ2n) is 5.50. The van der Waals surface area contributed by atoms with Gasteiger partial charge in [-0.05, 0) is 38.0 Å². The molecule has 0 aliphatic rings. The molecule has 22 heavy (non-hydrogen) atoms. The minimum absolute atomic E-state index is 0.0215. The fourth-order valence-electron chi connectivity index (χ4n) is 1.86. The molecule has 0 fully saturated rings. The predicted octanol–water partition coefficient (Wildman–Crippen LogP) is 3.64. The molecule has 0 saturated carbocycles. The number of hydrogen-bond acceptors (Lipinski definition) is 4. The van der Waals surface area contributed by atoms with Crippen molar-refractivity contribution < 1.29 is 19.1 Å². The molecule has 1 aromatic carbocycles. The van der Waals surface area contributed by atoms with E-state index in [2.05, 4.69) is 21.9 Å². The molecule has 1 rings (SSSR count). The van der Waals surface area contributed by atoms with Crippen molar-refractivity contribution >= 4 is 27.9 Å². The molecule has 0 amide bonds. The van der Waals surface area contributed by atoms with Crippen molar-refractivity contribution in [1.29, 1.82) is 0 Å². The summed E-state index contributed by atoms with van der Waals surface area (Å²) in [6.45, 7) is 4.96. The lowest BCUT2D eigenvalue weighted by Crippen LogP contribution is -2.28. The Hall–Kier alpha value is -1.80. The van der Waals surface area contributed by atoms with Crippen LogP contribution in [0.3, 0.4) is 0 Å². The summed E-state index contributed by atoms with van der Waals surface area (Å²) in [5, 5.41) is 0. The van der Waals surface area contributed by atoms with Gasteiger partial charge in [0.15, 0.2) is 6.61 Å². The van der Waals surface area contributed by atoms with Crippen molar-refractivity contribution in [1.82, 2.24) is 0 Å². The molecule has 4 nitrogen and oxygen atoms in total. The number of esters is 2. The van der Waals surface area contributed by atoms with E-state index >= 15 is 0 Å². The first-order valence-corrected chi connectivity index (χ1v) is 7.71. The standard InChI is InChI=1S/C17H19BrO4/c1-5-10-21-16(20)17(3,4)11-15(18)13-6-8-14(9-7-13)22-12(2)19/h1,6-9,15H,10-11H2,2-4H3. The average molecular weight is 367 g/mol. The normalized spacial score (nSPS) is 12.1. The van der Waals surface area contributed by atoms with Gasteiger partial charge in [0.25, 0.3) is 0 Å². The van der Waals surface area contributed by atoms with E-state index in [1.807, 2.05) is 26.0 Å². The van der Waals surface area contributed by atoms with Crippen LogP contribution >= 0.6 is 15.9 Å². The van der Waals surface area contributed by atoms with E-state index < -0.39 is 5.41 Å². The fourth-order valence-corrected chi connectivity index (χ4v) is 2.98. The number of carbonyl (C=O) groups is 2. The summed E-state index contributed by atoms with van der Waals surface area (Å²) in [7, 11) is 0. The van der Waals surface area contributed by atoms with Crippen LogP contribution in [0.5, 0.6) is 5.75 Å². The van der Waals surface area contributed by atoms with Gasteiger partial charge in [-0.25, -0.2) is 0 Å². The SMILES string of the molecule is C#CCOC(=O)C(C)(C)CC(Br)c1ccc(OC(C)=O)cc1. The Balaban J connectivity index is 2.71. The molecule has 1 aromatic rings. The number of terminal acetylenes is 1. The summed E-state index contributed by atoms with van der Waals surface area (Å²) in [5.41, 5.74) is 0.313. The van der Waals surface area contributed by atoms with Crippen molar-refractivity contribution in [3.05, 3.63) is 29.8 Å². The average Bonchev–Trinajstić information content (AvgIpc) is 2.44. The molecule has 0 N–H and O–H groups in total. The van der Waals surface area contributed by atoms with Crippen molar-refractivity contribution in [3.63, 3.8) is 0 Å². The highest BCUT2D eigenvalue weighted by Gasteiger charge is 2.32. The van der Waals surface area contributed by atoms with Crippen LogP contribution in [-0.4, -0.2) is 18.5 Å². The lowest BCUT2D eigenvalue weighted by atomic mass is 9.86. The van der Waals surface area contributed by atoms with Gasteiger partial charge in [-0.2, -0.15) is 0 Å². The van der Waals surface area contributed by atoms with Crippen molar-refractivity contribution in [2.75, 3.05) is 6.61 Å². The topological polar surface area (TPSA) is 52.6 Å². The van der Waals surface area contributed by atoms with E-state index in [9.17, 15) is 9.59 Å². The zero-order valence-corrected chi connectivity index (χ0v) is 14.5. The highest BCUT2D eigenvalue weighted by Crippen LogP contribution is 2.37. The molecule has 0 aliphatic carbocycles. The Labute approximate surface area is 139 Å². The summed E-state index contributed by atoms with van der Waals surface area (Å²) in [5.74, 6) is 2.08. The number of alkyl halides is 1. The maximum absolute atomic E-state index is 12.0. The van der Waals surface area contributed by atoms with Crippen LogP contribution in [0, 0.1) is 17.8 Å². The van der Waals surface area contributed by atoms with E-state index in [0.717, 1.165) is 5.56 Å².